The molecule has 0 spiro atoms. The highest BCUT2D eigenvalue weighted by molar-refractivity contribution is 5.97. The molecular weight excluding hydrogens is 344 g/mol. The first-order chi connectivity index (χ1) is 13.1. The largest absolute Gasteiger partial charge is 0.496 e. The van der Waals surface area contributed by atoms with E-state index in [-0.39, 0.29) is 5.91 Å². The van der Waals surface area contributed by atoms with E-state index in [9.17, 15) is 4.79 Å². The highest BCUT2D eigenvalue weighted by atomic mass is 16.5. The van der Waals surface area contributed by atoms with Gasteiger partial charge >= 0.3 is 0 Å². The van der Waals surface area contributed by atoms with Gasteiger partial charge in [0.25, 0.3) is 5.91 Å². The predicted octanol–water partition coefficient (Wildman–Crippen LogP) is 3.36. The average Bonchev–Trinajstić information content (AvgIpc) is 2.73. The molecule has 0 aliphatic rings. The topological polar surface area (TPSA) is 60.0 Å². The van der Waals surface area contributed by atoms with Crippen LogP contribution in [0.15, 0.2) is 42.5 Å². The van der Waals surface area contributed by atoms with Crippen LogP contribution >= 0.6 is 0 Å². The van der Waals surface area contributed by atoms with E-state index in [1.165, 1.54) is 19.9 Å². The normalized spacial score (nSPS) is 10.2. The van der Waals surface area contributed by atoms with Crippen molar-refractivity contribution in [2.75, 3.05) is 45.9 Å². The summed E-state index contributed by atoms with van der Waals surface area (Å²) in [5, 5.41) is 2.95. The summed E-state index contributed by atoms with van der Waals surface area (Å²) in [6.45, 7) is 4.48. The molecule has 0 aliphatic carbocycles. The molecule has 2 rings (SSSR count). The number of hydrogen-bond donors (Lipinski definition) is 1. The minimum atomic E-state index is -0.199. The summed E-state index contributed by atoms with van der Waals surface area (Å²) < 4.78 is 15.9. The SMILES string of the molecule is CCN(CCCNC(=O)c1cc(OC)c(OC)cc1OC)c1ccccc1. The Morgan fingerprint density at radius 2 is 1.59 bits per heavy atom. The molecule has 0 heterocycles. The Morgan fingerprint density at radius 1 is 0.963 bits per heavy atom. The maximum atomic E-state index is 12.6. The molecule has 6 heteroatoms. The third-order valence-electron chi connectivity index (χ3n) is 4.34. The van der Waals surface area contributed by atoms with E-state index in [2.05, 4.69) is 29.3 Å². The van der Waals surface area contributed by atoms with Crippen LogP contribution in [0.4, 0.5) is 5.69 Å². The number of para-hydroxylation sites is 1. The zero-order valence-electron chi connectivity index (χ0n) is 16.5. The monoisotopic (exact) mass is 372 g/mol. The number of ether oxygens (including phenoxy) is 3. The molecule has 6 nitrogen and oxygen atoms in total. The van der Waals surface area contributed by atoms with Crippen molar-refractivity contribution in [3.8, 4) is 17.2 Å². The second-order valence-corrected chi connectivity index (χ2v) is 5.93. The van der Waals surface area contributed by atoms with Crippen LogP contribution in [-0.2, 0) is 0 Å². The van der Waals surface area contributed by atoms with E-state index in [0.717, 1.165) is 19.5 Å². The Morgan fingerprint density at radius 3 is 2.19 bits per heavy atom. The van der Waals surface area contributed by atoms with Crippen LogP contribution in [0, 0.1) is 0 Å². The lowest BCUT2D eigenvalue weighted by Crippen LogP contribution is -2.30. The molecule has 2 aromatic rings. The molecule has 0 aliphatic heterocycles. The van der Waals surface area contributed by atoms with Crippen LogP contribution in [0.5, 0.6) is 17.2 Å². The van der Waals surface area contributed by atoms with Crippen molar-refractivity contribution in [3.63, 3.8) is 0 Å². The van der Waals surface area contributed by atoms with Gasteiger partial charge in [-0.2, -0.15) is 0 Å². The number of amides is 1. The molecule has 0 radical (unpaired) electrons. The van der Waals surface area contributed by atoms with E-state index in [1.54, 1.807) is 19.2 Å². The van der Waals surface area contributed by atoms with Gasteiger partial charge in [-0.25, -0.2) is 0 Å². The van der Waals surface area contributed by atoms with Gasteiger partial charge in [0, 0.05) is 37.5 Å². The Bertz CT molecular complexity index is 734. The smallest absolute Gasteiger partial charge is 0.255 e. The minimum absolute atomic E-state index is 0.199. The third kappa shape index (κ3) is 5.29. The lowest BCUT2D eigenvalue weighted by Gasteiger charge is -2.23. The van der Waals surface area contributed by atoms with Gasteiger partial charge in [-0.15, -0.1) is 0 Å². The van der Waals surface area contributed by atoms with Gasteiger partial charge in [-0.1, -0.05) is 18.2 Å². The van der Waals surface area contributed by atoms with Crippen molar-refractivity contribution in [1.82, 2.24) is 5.32 Å². The standard InChI is InChI=1S/C21H28N2O4/c1-5-23(16-10-7-6-8-11-16)13-9-12-22-21(24)17-14-19(26-3)20(27-4)15-18(17)25-2/h6-8,10-11,14-15H,5,9,12-13H2,1-4H3,(H,22,24). The number of methoxy groups -OCH3 is 3. The van der Waals surface area contributed by atoms with Crippen LogP contribution in [0.25, 0.3) is 0 Å². The fourth-order valence-corrected chi connectivity index (χ4v) is 2.88. The summed E-state index contributed by atoms with van der Waals surface area (Å²) in [6.07, 6.45) is 0.837. The van der Waals surface area contributed by atoms with Gasteiger partial charge in [-0.05, 0) is 25.5 Å². The van der Waals surface area contributed by atoms with Crippen LogP contribution in [0.2, 0.25) is 0 Å². The first-order valence-corrected chi connectivity index (χ1v) is 9.02. The number of carbonyl (C=O) groups is 1. The molecule has 1 amide bonds. The van der Waals surface area contributed by atoms with Crippen LogP contribution in [0.3, 0.4) is 0 Å². The molecule has 0 bridgehead atoms. The summed E-state index contributed by atoms with van der Waals surface area (Å²) in [4.78, 5) is 14.9. The molecule has 0 atom stereocenters. The molecule has 0 saturated heterocycles. The van der Waals surface area contributed by atoms with Gasteiger partial charge in [0.05, 0.1) is 26.9 Å². The Labute approximate surface area is 161 Å². The molecular formula is C21H28N2O4. The summed E-state index contributed by atoms with van der Waals surface area (Å²) >= 11 is 0. The van der Waals surface area contributed by atoms with Crippen molar-refractivity contribution in [1.29, 1.82) is 0 Å². The second-order valence-electron chi connectivity index (χ2n) is 5.93. The average molecular weight is 372 g/mol. The first-order valence-electron chi connectivity index (χ1n) is 9.02. The second kappa shape index (κ2) is 10.3. The van der Waals surface area contributed by atoms with E-state index in [4.69, 9.17) is 14.2 Å². The molecule has 0 fully saturated rings. The van der Waals surface area contributed by atoms with Gasteiger partial charge in [0.1, 0.15) is 5.75 Å². The van der Waals surface area contributed by atoms with E-state index >= 15 is 0 Å². The van der Waals surface area contributed by atoms with Crippen molar-refractivity contribution in [2.45, 2.75) is 13.3 Å². The van der Waals surface area contributed by atoms with Gasteiger partial charge < -0.3 is 24.4 Å². The summed E-state index contributed by atoms with van der Waals surface area (Å²) in [5.41, 5.74) is 1.61. The highest BCUT2D eigenvalue weighted by Crippen LogP contribution is 2.34. The number of benzene rings is 2. The van der Waals surface area contributed by atoms with E-state index in [1.807, 2.05) is 18.2 Å². The molecule has 2 aromatic carbocycles. The number of nitrogens with zero attached hydrogens (tertiary/aromatic N) is 1. The fraction of sp³-hybridized carbons (Fsp3) is 0.381. The first kappa shape index (κ1) is 20.4. The Hall–Kier alpha value is -2.89. The number of nitrogens with one attached hydrogen (secondary N) is 1. The Kier molecular flexibility index (Phi) is 7.79. The zero-order chi connectivity index (χ0) is 19.6. The van der Waals surface area contributed by atoms with Crippen molar-refractivity contribution < 1.29 is 19.0 Å². The molecule has 146 valence electrons. The number of hydrogen-bond acceptors (Lipinski definition) is 5. The molecule has 1 N–H and O–H groups in total. The van der Waals surface area contributed by atoms with Gasteiger partial charge in [-0.3, -0.25) is 4.79 Å². The molecule has 0 aromatic heterocycles. The maximum Gasteiger partial charge on any atom is 0.255 e. The molecule has 27 heavy (non-hydrogen) atoms. The molecule has 0 unspecified atom stereocenters. The van der Waals surface area contributed by atoms with Crippen molar-refractivity contribution in [2.24, 2.45) is 0 Å². The highest BCUT2D eigenvalue weighted by Gasteiger charge is 2.17. The molecule has 0 saturated carbocycles. The van der Waals surface area contributed by atoms with Gasteiger partial charge in [0.2, 0.25) is 0 Å². The summed E-state index contributed by atoms with van der Waals surface area (Å²) in [5.74, 6) is 1.26. The fourth-order valence-electron chi connectivity index (χ4n) is 2.88. The van der Waals surface area contributed by atoms with Gasteiger partial charge in [0.15, 0.2) is 11.5 Å². The van der Waals surface area contributed by atoms with Crippen molar-refractivity contribution >= 4 is 11.6 Å². The lowest BCUT2D eigenvalue weighted by atomic mass is 10.1. The number of carbonyl (C=O) groups excluding carboxylic acids is 1. The predicted molar refractivity (Wildman–Crippen MR) is 107 cm³/mol. The summed E-state index contributed by atoms with van der Waals surface area (Å²) in [6, 6.07) is 13.5. The Balaban J connectivity index is 1.95. The van der Waals surface area contributed by atoms with E-state index < -0.39 is 0 Å². The minimum Gasteiger partial charge on any atom is -0.496 e. The zero-order valence-corrected chi connectivity index (χ0v) is 16.5. The van der Waals surface area contributed by atoms with Crippen LogP contribution in [-0.4, -0.2) is 46.9 Å². The quantitative estimate of drug-likeness (QED) is 0.648. The number of anilines is 1. The maximum absolute atomic E-state index is 12.6. The van der Waals surface area contributed by atoms with Crippen molar-refractivity contribution in [3.05, 3.63) is 48.0 Å². The van der Waals surface area contributed by atoms with E-state index in [0.29, 0.717) is 29.4 Å². The third-order valence-corrected chi connectivity index (χ3v) is 4.34. The summed E-state index contributed by atoms with van der Waals surface area (Å²) in [7, 11) is 4.61. The van der Waals surface area contributed by atoms with Crippen LogP contribution in [0.1, 0.15) is 23.7 Å². The lowest BCUT2D eigenvalue weighted by molar-refractivity contribution is 0.0950. The van der Waals surface area contributed by atoms with Crippen LogP contribution < -0.4 is 24.4 Å². The number of rotatable bonds is 10.